The number of nitrogens with one attached hydrogen (secondary N) is 1. The smallest absolute Gasteiger partial charge is 0.257 e. The lowest BCUT2D eigenvalue weighted by molar-refractivity contribution is 0.102. The zero-order valence-electron chi connectivity index (χ0n) is 9.32. The number of aryl methyl sites for hydroxylation is 2. The zero-order chi connectivity index (χ0) is 12.4. The molecule has 0 fully saturated rings. The van der Waals surface area contributed by atoms with Gasteiger partial charge < -0.3 is 0 Å². The van der Waals surface area contributed by atoms with Crippen molar-refractivity contribution >= 4 is 38.3 Å². The lowest BCUT2D eigenvalue weighted by Gasteiger charge is -2.01. The van der Waals surface area contributed by atoms with Crippen LogP contribution in [0.1, 0.15) is 20.9 Å². The predicted octanol–water partition coefficient (Wildman–Crippen LogP) is 3.17. The number of aromatic nitrogens is 2. The summed E-state index contributed by atoms with van der Waals surface area (Å²) in [5.74, 6) is -0.179. The molecular formula is C11H10BrN3OS. The number of rotatable bonds is 2. The molecule has 2 heterocycles. The van der Waals surface area contributed by atoms with E-state index in [1.807, 2.05) is 13.8 Å². The Kier molecular flexibility index (Phi) is 3.54. The number of anilines is 1. The van der Waals surface area contributed by atoms with Gasteiger partial charge in [-0.15, -0.1) is 11.3 Å². The van der Waals surface area contributed by atoms with E-state index in [2.05, 4.69) is 31.2 Å². The topological polar surface area (TPSA) is 54.9 Å². The third-order valence-corrected chi connectivity index (χ3v) is 3.66. The second-order valence-electron chi connectivity index (χ2n) is 3.48. The molecule has 0 unspecified atom stereocenters. The maximum Gasteiger partial charge on any atom is 0.257 e. The fourth-order valence-electron chi connectivity index (χ4n) is 1.24. The van der Waals surface area contributed by atoms with Crippen LogP contribution in [0.3, 0.4) is 0 Å². The molecule has 1 N–H and O–H groups in total. The molecule has 2 rings (SSSR count). The third kappa shape index (κ3) is 2.89. The molecule has 0 atom stereocenters. The van der Waals surface area contributed by atoms with Crippen LogP contribution in [0.2, 0.25) is 0 Å². The van der Waals surface area contributed by atoms with E-state index in [4.69, 9.17) is 0 Å². The first-order valence-corrected chi connectivity index (χ1v) is 6.54. The van der Waals surface area contributed by atoms with Crippen molar-refractivity contribution in [2.75, 3.05) is 5.32 Å². The van der Waals surface area contributed by atoms with E-state index in [1.54, 1.807) is 18.3 Å². The molecule has 0 aromatic carbocycles. The van der Waals surface area contributed by atoms with Crippen molar-refractivity contribution in [1.82, 2.24) is 9.97 Å². The molecule has 17 heavy (non-hydrogen) atoms. The van der Waals surface area contributed by atoms with Crippen molar-refractivity contribution in [3.8, 4) is 0 Å². The Bertz CT molecular complexity index is 548. The molecule has 0 radical (unpaired) electrons. The van der Waals surface area contributed by atoms with Crippen LogP contribution in [0.4, 0.5) is 5.13 Å². The van der Waals surface area contributed by atoms with Crippen molar-refractivity contribution in [2.24, 2.45) is 0 Å². The molecule has 2 aromatic heterocycles. The van der Waals surface area contributed by atoms with Crippen LogP contribution < -0.4 is 5.32 Å². The molecule has 0 saturated carbocycles. The first kappa shape index (κ1) is 12.2. The summed E-state index contributed by atoms with van der Waals surface area (Å²) in [6.07, 6.45) is 1.58. The molecular weight excluding hydrogens is 302 g/mol. The lowest BCUT2D eigenvalue weighted by atomic mass is 10.2. The molecule has 0 spiro atoms. The Morgan fingerprint density at radius 3 is 2.82 bits per heavy atom. The summed E-state index contributed by atoms with van der Waals surface area (Å²) in [5.41, 5.74) is 1.50. The molecule has 0 aliphatic carbocycles. The average Bonchev–Trinajstić information content (AvgIpc) is 2.58. The average molecular weight is 312 g/mol. The Labute approximate surface area is 111 Å². The maximum absolute atomic E-state index is 11.9. The van der Waals surface area contributed by atoms with Gasteiger partial charge in [0.05, 0.1) is 5.69 Å². The Morgan fingerprint density at radius 2 is 2.24 bits per heavy atom. The number of hydrogen-bond donors (Lipinski definition) is 1. The monoisotopic (exact) mass is 311 g/mol. The second kappa shape index (κ2) is 4.93. The van der Waals surface area contributed by atoms with Gasteiger partial charge in [0.15, 0.2) is 5.13 Å². The van der Waals surface area contributed by atoms with Gasteiger partial charge in [-0.1, -0.05) is 0 Å². The summed E-state index contributed by atoms with van der Waals surface area (Å²) in [4.78, 5) is 21.2. The summed E-state index contributed by atoms with van der Waals surface area (Å²) in [6.45, 7) is 3.90. The summed E-state index contributed by atoms with van der Waals surface area (Å²) >= 11 is 4.70. The van der Waals surface area contributed by atoms with Crippen molar-refractivity contribution < 1.29 is 4.79 Å². The van der Waals surface area contributed by atoms with Gasteiger partial charge in [0.1, 0.15) is 4.60 Å². The summed E-state index contributed by atoms with van der Waals surface area (Å²) in [7, 11) is 0. The highest BCUT2D eigenvalue weighted by molar-refractivity contribution is 9.10. The highest BCUT2D eigenvalue weighted by Crippen LogP contribution is 2.21. The predicted molar refractivity (Wildman–Crippen MR) is 71.5 cm³/mol. The highest BCUT2D eigenvalue weighted by atomic mass is 79.9. The molecule has 0 saturated heterocycles. The SMILES string of the molecule is Cc1nc(NC(=O)c2ccnc(Br)c2)sc1C. The fourth-order valence-corrected chi connectivity index (χ4v) is 2.41. The molecule has 0 aliphatic rings. The number of amides is 1. The summed E-state index contributed by atoms with van der Waals surface area (Å²) in [6, 6.07) is 3.33. The number of nitrogens with zero attached hydrogens (tertiary/aromatic N) is 2. The van der Waals surface area contributed by atoms with E-state index in [1.165, 1.54) is 11.3 Å². The lowest BCUT2D eigenvalue weighted by Crippen LogP contribution is -2.11. The number of halogens is 1. The van der Waals surface area contributed by atoms with E-state index in [9.17, 15) is 4.79 Å². The Morgan fingerprint density at radius 1 is 1.47 bits per heavy atom. The second-order valence-corrected chi connectivity index (χ2v) is 5.50. The number of carbonyl (C=O) groups excluding carboxylic acids is 1. The van der Waals surface area contributed by atoms with E-state index in [-0.39, 0.29) is 5.91 Å². The number of hydrogen-bond acceptors (Lipinski definition) is 4. The van der Waals surface area contributed by atoms with Gasteiger partial charge in [-0.2, -0.15) is 0 Å². The number of carbonyl (C=O) groups is 1. The van der Waals surface area contributed by atoms with Crippen molar-refractivity contribution in [2.45, 2.75) is 13.8 Å². The quantitative estimate of drug-likeness (QED) is 0.867. The van der Waals surface area contributed by atoms with E-state index in [0.717, 1.165) is 10.6 Å². The van der Waals surface area contributed by atoms with Crippen LogP contribution in [0.25, 0.3) is 0 Å². The molecule has 1 amide bonds. The van der Waals surface area contributed by atoms with Gasteiger partial charge in [-0.05, 0) is 41.9 Å². The van der Waals surface area contributed by atoms with Crippen molar-refractivity contribution in [3.63, 3.8) is 0 Å². The van der Waals surface area contributed by atoms with Crippen molar-refractivity contribution in [1.29, 1.82) is 0 Å². The minimum Gasteiger partial charge on any atom is -0.298 e. The molecule has 6 heteroatoms. The van der Waals surface area contributed by atoms with Crippen LogP contribution in [0.5, 0.6) is 0 Å². The zero-order valence-corrected chi connectivity index (χ0v) is 11.7. The number of pyridine rings is 1. The van der Waals surface area contributed by atoms with E-state index in [0.29, 0.717) is 15.3 Å². The standard InChI is InChI=1S/C11H10BrN3OS/c1-6-7(2)17-11(14-6)15-10(16)8-3-4-13-9(12)5-8/h3-5H,1-2H3,(H,14,15,16). The van der Waals surface area contributed by atoms with Gasteiger partial charge in [0, 0.05) is 16.6 Å². The number of thiazole rings is 1. The minimum absolute atomic E-state index is 0.179. The Hall–Kier alpha value is -1.27. The summed E-state index contributed by atoms with van der Waals surface area (Å²) < 4.78 is 0.636. The Balaban J connectivity index is 2.17. The first-order chi connectivity index (χ1) is 8.06. The largest absolute Gasteiger partial charge is 0.298 e. The minimum atomic E-state index is -0.179. The molecule has 88 valence electrons. The van der Waals surface area contributed by atoms with Crippen LogP contribution in [0, 0.1) is 13.8 Å². The van der Waals surface area contributed by atoms with Crippen molar-refractivity contribution in [3.05, 3.63) is 39.1 Å². The van der Waals surface area contributed by atoms with Gasteiger partial charge in [-0.3, -0.25) is 10.1 Å². The van der Waals surface area contributed by atoms with Gasteiger partial charge >= 0.3 is 0 Å². The van der Waals surface area contributed by atoms with Crippen LogP contribution in [-0.2, 0) is 0 Å². The third-order valence-electron chi connectivity index (χ3n) is 2.24. The van der Waals surface area contributed by atoms with Gasteiger partial charge in [0.25, 0.3) is 5.91 Å². The maximum atomic E-state index is 11.9. The van der Waals surface area contributed by atoms with Crippen LogP contribution in [-0.4, -0.2) is 15.9 Å². The van der Waals surface area contributed by atoms with Crippen LogP contribution in [0.15, 0.2) is 22.9 Å². The van der Waals surface area contributed by atoms with Gasteiger partial charge in [0.2, 0.25) is 0 Å². The molecule has 2 aromatic rings. The molecule has 0 bridgehead atoms. The fraction of sp³-hybridized carbons (Fsp3) is 0.182. The van der Waals surface area contributed by atoms with E-state index < -0.39 is 0 Å². The highest BCUT2D eigenvalue weighted by Gasteiger charge is 2.10. The first-order valence-electron chi connectivity index (χ1n) is 4.93. The summed E-state index contributed by atoms with van der Waals surface area (Å²) in [5, 5.41) is 3.39. The molecule has 0 aliphatic heterocycles. The molecule has 4 nitrogen and oxygen atoms in total. The normalized spacial score (nSPS) is 10.3. The van der Waals surface area contributed by atoms with Crippen LogP contribution >= 0.6 is 27.3 Å². The van der Waals surface area contributed by atoms with Gasteiger partial charge in [-0.25, -0.2) is 9.97 Å². The van der Waals surface area contributed by atoms with E-state index >= 15 is 0 Å².